The summed E-state index contributed by atoms with van der Waals surface area (Å²) in [5, 5.41) is 8.48. The summed E-state index contributed by atoms with van der Waals surface area (Å²) < 4.78 is 4.73. The van der Waals surface area contributed by atoms with Gasteiger partial charge in [-0.15, -0.1) is 0 Å². The number of ether oxygens (including phenoxy) is 1. The van der Waals surface area contributed by atoms with Crippen LogP contribution in [-0.4, -0.2) is 51.7 Å². The lowest BCUT2D eigenvalue weighted by Crippen LogP contribution is -2.50. The summed E-state index contributed by atoms with van der Waals surface area (Å²) >= 11 is 0. The van der Waals surface area contributed by atoms with Gasteiger partial charge in [-0.2, -0.15) is 0 Å². The Bertz CT molecular complexity index is 257. The largest absolute Gasteiger partial charge is 0.375 e. The highest BCUT2D eigenvalue weighted by molar-refractivity contribution is 5.88. The van der Waals surface area contributed by atoms with Crippen molar-refractivity contribution in [2.24, 2.45) is 5.92 Å². The molecule has 0 unspecified atom stereocenters. The molecule has 0 aliphatic heterocycles. The van der Waals surface area contributed by atoms with Crippen LogP contribution in [0.25, 0.3) is 0 Å². The van der Waals surface area contributed by atoms with E-state index in [-0.39, 0.29) is 24.3 Å². The van der Waals surface area contributed by atoms with E-state index in [1.807, 2.05) is 20.9 Å². The van der Waals surface area contributed by atoms with Gasteiger partial charge in [0.25, 0.3) is 0 Å². The first-order valence-corrected chi connectivity index (χ1v) is 6.23. The summed E-state index contributed by atoms with van der Waals surface area (Å²) in [6, 6.07) is -0.512. The maximum Gasteiger partial charge on any atom is 0.246 e. The van der Waals surface area contributed by atoms with Crippen molar-refractivity contribution in [1.82, 2.24) is 16.0 Å². The molecule has 6 heteroatoms. The fourth-order valence-electron chi connectivity index (χ4n) is 1.47. The maximum atomic E-state index is 11.9. The van der Waals surface area contributed by atoms with E-state index in [9.17, 15) is 9.59 Å². The molecule has 0 aromatic carbocycles. The van der Waals surface area contributed by atoms with E-state index in [4.69, 9.17) is 4.74 Å². The molecule has 18 heavy (non-hydrogen) atoms. The normalized spacial score (nSPS) is 12.3. The van der Waals surface area contributed by atoms with Crippen LogP contribution in [0.15, 0.2) is 0 Å². The van der Waals surface area contributed by atoms with Crippen LogP contribution in [0.5, 0.6) is 0 Å². The molecule has 0 aromatic heterocycles. The molecule has 0 bridgehead atoms. The van der Waals surface area contributed by atoms with Crippen molar-refractivity contribution >= 4 is 11.8 Å². The van der Waals surface area contributed by atoms with Crippen molar-refractivity contribution in [3.63, 3.8) is 0 Å². The highest BCUT2D eigenvalue weighted by atomic mass is 16.5. The van der Waals surface area contributed by atoms with Crippen molar-refractivity contribution in [2.45, 2.75) is 26.3 Å². The molecule has 0 rings (SSSR count). The van der Waals surface area contributed by atoms with Gasteiger partial charge in [0.15, 0.2) is 0 Å². The van der Waals surface area contributed by atoms with E-state index in [0.717, 1.165) is 13.0 Å². The molecular formula is C12H25N3O3. The second kappa shape index (κ2) is 9.85. The average Bonchev–Trinajstić information content (AvgIpc) is 2.31. The van der Waals surface area contributed by atoms with Crippen LogP contribution >= 0.6 is 0 Å². The van der Waals surface area contributed by atoms with E-state index >= 15 is 0 Å². The Balaban J connectivity index is 4.15. The van der Waals surface area contributed by atoms with E-state index in [2.05, 4.69) is 16.0 Å². The van der Waals surface area contributed by atoms with Crippen molar-refractivity contribution < 1.29 is 14.3 Å². The summed E-state index contributed by atoms with van der Waals surface area (Å²) in [5.74, 6) is -0.387. The van der Waals surface area contributed by atoms with Gasteiger partial charge in [-0.3, -0.25) is 9.59 Å². The van der Waals surface area contributed by atoms with Gasteiger partial charge in [0.1, 0.15) is 12.6 Å². The monoisotopic (exact) mass is 259 g/mol. The van der Waals surface area contributed by atoms with Gasteiger partial charge < -0.3 is 20.7 Å². The molecule has 0 aliphatic rings. The summed E-state index contributed by atoms with van der Waals surface area (Å²) in [4.78, 5) is 23.3. The zero-order chi connectivity index (χ0) is 14.0. The van der Waals surface area contributed by atoms with Gasteiger partial charge in [-0.05, 0) is 25.9 Å². The zero-order valence-corrected chi connectivity index (χ0v) is 11.7. The fourth-order valence-corrected chi connectivity index (χ4v) is 1.47. The minimum absolute atomic E-state index is 0.0315. The Morgan fingerprint density at radius 3 is 2.39 bits per heavy atom. The lowest BCUT2D eigenvalue weighted by atomic mass is 10.0. The number of amides is 2. The number of rotatable bonds is 9. The fraction of sp³-hybridized carbons (Fsp3) is 0.833. The van der Waals surface area contributed by atoms with Crippen molar-refractivity contribution in [2.75, 3.05) is 33.9 Å². The maximum absolute atomic E-state index is 11.9. The van der Waals surface area contributed by atoms with Crippen molar-refractivity contribution in [3.8, 4) is 0 Å². The molecule has 0 aromatic rings. The lowest BCUT2D eigenvalue weighted by Gasteiger charge is -2.21. The summed E-state index contributed by atoms with van der Waals surface area (Å²) in [7, 11) is 3.31. The number of methoxy groups -OCH3 is 1. The SMILES string of the molecule is CNCCCNC(=O)[C@@H](NC(=O)COC)C(C)C. The van der Waals surface area contributed by atoms with Crippen LogP contribution in [0.2, 0.25) is 0 Å². The average molecular weight is 259 g/mol. The third-order valence-corrected chi connectivity index (χ3v) is 2.44. The van der Waals surface area contributed by atoms with E-state index in [0.29, 0.717) is 6.54 Å². The summed E-state index contributed by atoms with van der Waals surface area (Å²) in [6.07, 6.45) is 0.860. The Morgan fingerprint density at radius 2 is 1.89 bits per heavy atom. The van der Waals surface area contributed by atoms with Crippen molar-refractivity contribution in [3.05, 3.63) is 0 Å². The Kier molecular flexibility index (Phi) is 9.22. The van der Waals surface area contributed by atoms with Gasteiger partial charge >= 0.3 is 0 Å². The first-order chi connectivity index (χ1) is 8.52. The van der Waals surface area contributed by atoms with Gasteiger partial charge in [0.05, 0.1) is 0 Å². The molecule has 0 spiro atoms. The third-order valence-electron chi connectivity index (χ3n) is 2.44. The molecule has 0 saturated heterocycles. The molecule has 1 atom stereocenters. The van der Waals surface area contributed by atoms with Gasteiger partial charge in [0.2, 0.25) is 11.8 Å². The first kappa shape index (κ1) is 16.9. The Hall–Kier alpha value is -1.14. The molecular weight excluding hydrogens is 234 g/mol. The molecule has 0 saturated carbocycles. The molecule has 0 heterocycles. The minimum Gasteiger partial charge on any atom is -0.375 e. The quantitative estimate of drug-likeness (QED) is 0.488. The molecule has 6 nitrogen and oxygen atoms in total. The predicted molar refractivity (Wildman–Crippen MR) is 70.2 cm³/mol. The van der Waals surface area contributed by atoms with E-state index < -0.39 is 6.04 Å². The first-order valence-electron chi connectivity index (χ1n) is 6.23. The van der Waals surface area contributed by atoms with Crippen LogP contribution in [0, 0.1) is 5.92 Å². The molecule has 2 amide bonds. The predicted octanol–water partition coefficient (Wildman–Crippen LogP) is -0.501. The van der Waals surface area contributed by atoms with Gasteiger partial charge in [-0.1, -0.05) is 13.8 Å². The van der Waals surface area contributed by atoms with Crippen LogP contribution in [0.4, 0.5) is 0 Å². The number of carbonyl (C=O) groups is 2. The summed E-state index contributed by atoms with van der Waals surface area (Å²) in [5.41, 5.74) is 0. The molecule has 3 N–H and O–H groups in total. The minimum atomic E-state index is -0.512. The van der Waals surface area contributed by atoms with Crippen molar-refractivity contribution in [1.29, 1.82) is 0 Å². The van der Waals surface area contributed by atoms with Gasteiger partial charge in [0, 0.05) is 13.7 Å². The van der Waals surface area contributed by atoms with Gasteiger partial charge in [-0.25, -0.2) is 0 Å². The highest BCUT2D eigenvalue weighted by Crippen LogP contribution is 2.01. The number of hydrogen-bond acceptors (Lipinski definition) is 4. The van der Waals surface area contributed by atoms with Crippen LogP contribution in [0.3, 0.4) is 0 Å². The second-order valence-electron chi connectivity index (χ2n) is 4.47. The van der Waals surface area contributed by atoms with E-state index in [1.54, 1.807) is 0 Å². The zero-order valence-electron chi connectivity index (χ0n) is 11.7. The summed E-state index contributed by atoms with van der Waals surface area (Å²) in [6.45, 7) is 5.21. The topological polar surface area (TPSA) is 79.5 Å². The Morgan fingerprint density at radius 1 is 1.22 bits per heavy atom. The molecule has 106 valence electrons. The number of carbonyl (C=O) groups excluding carboxylic acids is 2. The molecule has 0 aliphatic carbocycles. The van der Waals surface area contributed by atoms with E-state index in [1.165, 1.54) is 7.11 Å². The van der Waals surface area contributed by atoms with Crippen LogP contribution < -0.4 is 16.0 Å². The number of hydrogen-bond donors (Lipinski definition) is 3. The smallest absolute Gasteiger partial charge is 0.246 e. The molecule has 0 fully saturated rings. The molecule has 0 radical (unpaired) electrons. The lowest BCUT2D eigenvalue weighted by molar-refractivity contribution is -0.131. The standard InChI is InChI=1S/C12H25N3O3/c1-9(2)11(15-10(16)8-18-4)12(17)14-7-5-6-13-3/h9,11,13H,5-8H2,1-4H3,(H,14,17)(H,15,16)/t11-/m0/s1. The second-order valence-corrected chi connectivity index (χ2v) is 4.47. The van der Waals surface area contributed by atoms with Crippen LogP contribution in [0.1, 0.15) is 20.3 Å². The highest BCUT2D eigenvalue weighted by Gasteiger charge is 2.23. The Labute approximate surface area is 109 Å². The van der Waals surface area contributed by atoms with Crippen LogP contribution in [-0.2, 0) is 14.3 Å². The third kappa shape index (κ3) is 7.24. The number of nitrogens with one attached hydrogen (secondary N) is 3.